The number of rotatable bonds is 5. The second kappa shape index (κ2) is 8.46. The monoisotopic (exact) mass is 394 g/mol. The smallest absolute Gasteiger partial charge is 0.350 e. The van der Waals surface area contributed by atoms with Crippen LogP contribution < -0.4 is 5.32 Å². The van der Waals surface area contributed by atoms with E-state index in [9.17, 15) is 14.0 Å². The summed E-state index contributed by atoms with van der Waals surface area (Å²) in [5, 5.41) is 11.6. The van der Waals surface area contributed by atoms with Crippen molar-refractivity contribution in [3.63, 3.8) is 0 Å². The van der Waals surface area contributed by atoms with Crippen molar-refractivity contribution in [2.75, 3.05) is 11.9 Å². The first-order chi connectivity index (χ1) is 13.5. The lowest BCUT2D eigenvalue weighted by molar-refractivity contribution is 0.0533. The quantitative estimate of drug-likeness (QED) is 0.627. The third-order valence-electron chi connectivity index (χ3n) is 3.85. The molecule has 0 fully saturated rings. The van der Waals surface area contributed by atoms with Gasteiger partial charge >= 0.3 is 5.97 Å². The molecule has 0 aliphatic rings. The molecule has 0 unspecified atom stereocenters. The molecule has 28 heavy (non-hydrogen) atoms. The van der Waals surface area contributed by atoms with Crippen molar-refractivity contribution in [3.05, 3.63) is 76.4 Å². The minimum atomic E-state index is -0.545. The minimum Gasteiger partial charge on any atom is -0.462 e. The molecule has 0 aliphatic heterocycles. The lowest BCUT2D eigenvalue weighted by Gasteiger charge is -2.06. The molecule has 3 rings (SSSR count). The number of nitrogens with one attached hydrogen (secondary N) is 1. The van der Waals surface area contributed by atoms with Gasteiger partial charge in [0.2, 0.25) is 0 Å². The van der Waals surface area contributed by atoms with Crippen LogP contribution in [0, 0.1) is 17.1 Å². The predicted molar refractivity (Wildman–Crippen MR) is 105 cm³/mol. The summed E-state index contributed by atoms with van der Waals surface area (Å²) in [5.41, 5.74) is 1.83. The van der Waals surface area contributed by atoms with E-state index in [4.69, 9.17) is 10.00 Å². The summed E-state index contributed by atoms with van der Waals surface area (Å²) in [5.74, 6) is -1.32. The number of nitriles is 1. The van der Waals surface area contributed by atoms with Gasteiger partial charge in [0.25, 0.3) is 5.91 Å². The van der Waals surface area contributed by atoms with Crippen molar-refractivity contribution >= 4 is 28.9 Å². The number of hydrogen-bond donors (Lipinski definition) is 1. The molecule has 0 saturated carbocycles. The first kappa shape index (κ1) is 19.3. The fourth-order valence-corrected chi connectivity index (χ4v) is 3.49. The van der Waals surface area contributed by atoms with Crippen LogP contribution in [0.5, 0.6) is 0 Å². The number of nitrogens with zero attached hydrogens (tertiary/aromatic N) is 1. The summed E-state index contributed by atoms with van der Waals surface area (Å²) in [6.45, 7) is 1.90. The molecule has 1 amide bonds. The maximum Gasteiger partial charge on any atom is 0.350 e. The Kier molecular flexibility index (Phi) is 5.82. The number of carbonyl (C=O) groups excluding carboxylic acids is 2. The topological polar surface area (TPSA) is 79.2 Å². The highest BCUT2D eigenvalue weighted by Crippen LogP contribution is 2.35. The van der Waals surface area contributed by atoms with Gasteiger partial charge in [-0.15, -0.1) is 11.3 Å². The van der Waals surface area contributed by atoms with Crippen molar-refractivity contribution < 1.29 is 18.7 Å². The number of amides is 1. The predicted octanol–water partition coefficient (Wildman–Crippen LogP) is 4.85. The second-order valence-electron chi connectivity index (χ2n) is 5.72. The Morgan fingerprint density at radius 2 is 1.82 bits per heavy atom. The van der Waals surface area contributed by atoms with Crippen molar-refractivity contribution in [2.45, 2.75) is 6.92 Å². The third-order valence-corrected chi connectivity index (χ3v) is 5.01. The van der Waals surface area contributed by atoms with Crippen molar-refractivity contribution in [1.29, 1.82) is 5.26 Å². The SMILES string of the molecule is CCOC(=O)c1sc(-c2ccc(F)cc2)cc1NC(=O)c1ccc(C#N)cc1. The molecule has 0 atom stereocenters. The summed E-state index contributed by atoms with van der Waals surface area (Å²) in [6.07, 6.45) is 0. The number of hydrogen-bond acceptors (Lipinski definition) is 5. The number of thiophene rings is 1. The molecule has 0 bridgehead atoms. The van der Waals surface area contributed by atoms with Crippen LogP contribution in [0.15, 0.2) is 54.6 Å². The van der Waals surface area contributed by atoms with Gasteiger partial charge in [-0.25, -0.2) is 9.18 Å². The van der Waals surface area contributed by atoms with E-state index in [2.05, 4.69) is 5.32 Å². The lowest BCUT2D eigenvalue weighted by Crippen LogP contribution is -2.14. The van der Waals surface area contributed by atoms with E-state index in [-0.39, 0.29) is 17.3 Å². The molecule has 1 aromatic heterocycles. The van der Waals surface area contributed by atoms with Crippen LogP contribution in [-0.4, -0.2) is 18.5 Å². The van der Waals surface area contributed by atoms with Crippen molar-refractivity contribution in [2.24, 2.45) is 0 Å². The Bertz CT molecular complexity index is 1050. The lowest BCUT2D eigenvalue weighted by atomic mass is 10.1. The molecule has 140 valence electrons. The molecular formula is C21H15FN2O3S. The highest BCUT2D eigenvalue weighted by Gasteiger charge is 2.20. The summed E-state index contributed by atoms with van der Waals surface area (Å²) in [6, 6.07) is 15.6. The normalized spacial score (nSPS) is 10.2. The molecule has 0 aliphatic carbocycles. The zero-order valence-electron chi connectivity index (χ0n) is 14.9. The zero-order chi connectivity index (χ0) is 20.1. The summed E-state index contributed by atoms with van der Waals surface area (Å²) < 4.78 is 18.3. The molecule has 0 saturated heterocycles. The first-order valence-electron chi connectivity index (χ1n) is 8.40. The van der Waals surface area contributed by atoms with Crippen LogP contribution in [0.25, 0.3) is 10.4 Å². The van der Waals surface area contributed by atoms with Gasteiger partial charge in [0.1, 0.15) is 10.7 Å². The van der Waals surface area contributed by atoms with E-state index < -0.39 is 11.9 Å². The van der Waals surface area contributed by atoms with Crippen LogP contribution in [-0.2, 0) is 4.74 Å². The third kappa shape index (κ3) is 4.24. The molecule has 1 N–H and O–H groups in total. The average molecular weight is 394 g/mol. The standard InChI is InChI=1S/C21H15FN2O3S/c1-2-27-21(26)19-17(11-18(28-19)14-7-9-16(22)10-8-14)24-20(25)15-5-3-13(12-23)4-6-15/h3-11H,2H2,1H3,(H,24,25). The van der Waals surface area contributed by atoms with Crippen LogP contribution in [0.1, 0.15) is 32.5 Å². The number of esters is 1. The van der Waals surface area contributed by atoms with E-state index in [0.717, 1.165) is 16.9 Å². The molecule has 3 aromatic rings. The van der Waals surface area contributed by atoms with Crippen LogP contribution in [0.3, 0.4) is 0 Å². The highest BCUT2D eigenvalue weighted by molar-refractivity contribution is 7.18. The van der Waals surface area contributed by atoms with E-state index in [0.29, 0.717) is 21.7 Å². The van der Waals surface area contributed by atoms with Gasteiger partial charge in [0.15, 0.2) is 0 Å². The number of anilines is 1. The second-order valence-corrected chi connectivity index (χ2v) is 6.78. The van der Waals surface area contributed by atoms with Gasteiger partial charge in [-0.2, -0.15) is 5.26 Å². The highest BCUT2D eigenvalue weighted by atomic mass is 32.1. The Morgan fingerprint density at radius 3 is 2.43 bits per heavy atom. The average Bonchev–Trinajstić information content (AvgIpc) is 3.12. The number of benzene rings is 2. The van der Waals surface area contributed by atoms with Crippen molar-refractivity contribution in [3.8, 4) is 16.5 Å². The van der Waals surface area contributed by atoms with Crippen LogP contribution in [0.2, 0.25) is 0 Å². The number of halogens is 1. The van der Waals surface area contributed by atoms with Gasteiger partial charge in [0.05, 0.1) is 23.9 Å². The zero-order valence-corrected chi connectivity index (χ0v) is 15.7. The van der Waals surface area contributed by atoms with Crippen LogP contribution in [0.4, 0.5) is 10.1 Å². The molecule has 1 heterocycles. The van der Waals surface area contributed by atoms with Crippen molar-refractivity contribution in [1.82, 2.24) is 0 Å². The van der Waals surface area contributed by atoms with E-state index in [1.165, 1.54) is 24.3 Å². The summed E-state index contributed by atoms with van der Waals surface area (Å²) in [4.78, 5) is 25.8. The fourth-order valence-electron chi connectivity index (χ4n) is 2.48. The molecule has 0 radical (unpaired) electrons. The molecule has 0 spiro atoms. The molecule has 7 heteroatoms. The number of ether oxygens (including phenoxy) is 1. The Morgan fingerprint density at radius 1 is 1.14 bits per heavy atom. The summed E-state index contributed by atoms with van der Waals surface area (Å²) >= 11 is 1.15. The maximum atomic E-state index is 13.2. The van der Waals surface area contributed by atoms with Gasteiger partial charge in [-0.05, 0) is 55.0 Å². The summed E-state index contributed by atoms with van der Waals surface area (Å²) in [7, 11) is 0. The van der Waals surface area contributed by atoms with E-state index in [1.54, 1.807) is 37.3 Å². The molecule has 2 aromatic carbocycles. The Balaban J connectivity index is 1.93. The van der Waals surface area contributed by atoms with Gasteiger partial charge in [-0.3, -0.25) is 4.79 Å². The van der Waals surface area contributed by atoms with Crippen LogP contribution >= 0.6 is 11.3 Å². The fraction of sp³-hybridized carbons (Fsp3) is 0.0952. The van der Waals surface area contributed by atoms with E-state index in [1.807, 2.05) is 6.07 Å². The van der Waals surface area contributed by atoms with E-state index >= 15 is 0 Å². The molecular weight excluding hydrogens is 379 g/mol. The van der Waals surface area contributed by atoms with Gasteiger partial charge in [0, 0.05) is 10.4 Å². The Hall–Kier alpha value is -3.50. The maximum absolute atomic E-state index is 13.2. The minimum absolute atomic E-state index is 0.200. The van der Waals surface area contributed by atoms with Gasteiger partial charge in [-0.1, -0.05) is 12.1 Å². The number of carbonyl (C=O) groups is 2. The largest absolute Gasteiger partial charge is 0.462 e. The molecule has 5 nitrogen and oxygen atoms in total. The first-order valence-corrected chi connectivity index (χ1v) is 9.22. The Labute approximate surface area is 165 Å². The van der Waals surface area contributed by atoms with Gasteiger partial charge < -0.3 is 10.1 Å².